The van der Waals surface area contributed by atoms with Crippen molar-refractivity contribution in [2.45, 2.75) is 6.42 Å². The zero-order valence-corrected chi connectivity index (χ0v) is 10.5. The Morgan fingerprint density at radius 2 is 2.25 bits per heavy atom. The number of pyridine rings is 2. The number of nitriles is 1. The Bertz CT molecular complexity index is 652. The fourth-order valence-electron chi connectivity index (χ4n) is 1.73. The molecule has 2 rings (SSSR count). The van der Waals surface area contributed by atoms with Gasteiger partial charge in [-0.1, -0.05) is 6.07 Å². The molecule has 7 nitrogen and oxygen atoms in total. The van der Waals surface area contributed by atoms with Gasteiger partial charge in [-0.15, -0.1) is 0 Å². The highest BCUT2D eigenvalue weighted by Crippen LogP contribution is 2.25. The maximum Gasteiger partial charge on any atom is 0.328 e. The molecule has 0 aliphatic heterocycles. The van der Waals surface area contributed by atoms with Gasteiger partial charge in [0, 0.05) is 25.1 Å². The molecule has 0 radical (unpaired) electrons. The van der Waals surface area contributed by atoms with Crippen LogP contribution in [0, 0.1) is 21.4 Å². The largest absolute Gasteiger partial charge is 0.364 e. The summed E-state index contributed by atoms with van der Waals surface area (Å²) in [7, 11) is 0. The Hall–Kier alpha value is -3.01. The Balaban J connectivity index is 2.10. The third-order valence-electron chi connectivity index (χ3n) is 2.66. The number of hydrogen-bond acceptors (Lipinski definition) is 6. The molecule has 100 valence electrons. The molecular weight excluding hydrogens is 258 g/mol. The highest BCUT2D eigenvalue weighted by Gasteiger charge is 2.20. The van der Waals surface area contributed by atoms with E-state index in [9.17, 15) is 10.1 Å². The molecule has 0 unspecified atom stereocenters. The monoisotopic (exact) mass is 269 g/mol. The lowest BCUT2D eigenvalue weighted by Gasteiger charge is -2.06. The molecule has 0 saturated heterocycles. The van der Waals surface area contributed by atoms with Crippen LogP contribution >= 0.6 is 0 Å². The highest BCUT2D eigenvalue weighted by atomic mass is 16.6. The van der Waals surface area contributed by atoms with Crippen LogP contribution in [0.2, 0.25) is 0 Å². The predicted molar refractivity (Wildman–Crippen MR) is 72.0 cm³/mol. The number of nitro groups is 1. The molecule has 2 aromatic rings. The van der Waals surface area contributed by atoms with Gasteiger partial charge >= 0.3 is 5.69 Å². The van der Waals surface area contributed by atoms with E-state index in [-0.39, 0.29) is 17.1 Å². The molecule has 0 atom stereocenters. The van der Waals surface area contributed by atoms with E-state index in [4.69, 9.17) is 5.26 Å². The van der Waals surface area contributed by atoms with Crippen LogP contribution in [0.15, 0.2) is 36.8 Å². The Morgan fingerprint density at radius 1 is 1.40 bits per heavy atom. The zero-order chi connectivity index (χ0) is 14.4. The molecule has 7 heteroatoms. The first-order chi connectivity index (χ1) is 9.72. The summed E-state index contributed by atoms with van der Waals surface area (Å²) >= 11 is 0. The van der Waals surface area contributed by atoms with Crippen molar-refractivity contribution in [3.05, 3.63) is 58.0 Å². The van der Waals surface area contributed by atoms with E-state index in [2.05, 4.69) is 15.3 Å². The van der Waals surface area contributed by atoms with Crippen LogP contribution in [0.25, 0.3) is 0 Å². The minimum absolute atomic E-state index is 0.00567. The van der Waals surface area contributed by atoms with E-state index >= 15 is 0 Å². The summed E-state index contributed by atoms with van der Waals surface area (Å²) in [5, 5.41) is 22.8. The minimum atomic E-state index is -0.599. The average molecular weight is 269 g/mol. The van der Waals surface area contributed by atoms with E-state index in [0.717, 1.165) is 5.56 Å². The van der Waals surface area contributed by atoms with Crippen LogP contribution in [0.3, 0.4) is 0 Å². The Morgan fingerprint density at radius 3 is 2.90 bits per heavy atom. The SMILES string of the molecule is N#Cc1ccnc(NCCc2cccnc2)c1[N+](=O)[O-]. The maximum atomic E-state index is 11.0. The molecule has 0 fully saturated rings. The third-order valence-corrected chi connectivity index (χ3v) is 2.66. The average Bonchev–Trinajstić information content (AvgIpc) is 2.47. The van der Waals surface area contributed by atoms with E-state index in [1.165, 1.54) is 12.3 Å². The van der Waals surface area contributed by atoms with Crippen molar-refractivity contribution < 1.29 is 4.92 Å². The summed E-state index contributed by atoms with van der Waals surface area (Å²) < 4.78 is 0. The summed E-state index contributed by atoms with van der Waals surface area (Å²) in [4.78, 5) is 18.3. The van der Waals surface area contributed by atoms with Gasteiger partial charge in [-0.2, -0.15) is 5.26 Å². The van der Waals surface area contributed by atoms with Crippen LogP contribution in [0.4, 0.5) is 11.5 Å². The molecule has 0 saturated carbocycles. The van der Waals surface area contributed by atoms with Crippen molar-refractivity contribution in [3.63, 3.8) is 0 Å². The second-order valence-corrected chi connectivity index (χ2v) is 3.96. The van der Waals surface area contributed by atoms with Gasteiger partial charge < -0.3 is 5.32 Å². The molecule has 0 aromatic carbocycles. The molecule has 0 spiro atoms. The molecule has 0 bridgehead atoms. The van der Waals surface area contributed by atoms with Gasteiger partial charge in [0.1, 0.15) is 11.6 Å². The lowest BCUT2D eigenvalue weighted by molar-refractivity contribution is -0.384. The second-order valence-electron chi connectivity index (χ2n) is 3.96. The fraction of sp³-hybridized carbons (Fsp3) is 0.154. The van der Waals surface area contributed by atoms with E-state index in [1.54, 1.807) is 18.5 Å². The van der Waals surface area contributed by atoms with Crippen LogP contribution in [0.1, 0.15) is 11.1 Å². The zero-order valence-electron chi connectivity index (χ0n) is 10.5. The topological polar surface area (TPSA) is 105 Å². The van der Waals surface area contributed by atoms with Gasteiger partial charge in [0.05, 0.1) is 4.92 Å². The Kier molecular flexibility index (Phi) is 4.19. The predicted octanol–water partition coefficient (Wildman–Crippen LogP) is 1.91. The van der Waals surface area contributed by atoms with Gasteiger partial charge in [-0.05, 0) is 24.1 Å². The minimum Gasteiger partial charge on any atom is -0.364 e. The van der Waals surface area contributed by atoms with Crippen molar-refractivity contribution >= 4 is 11.5 Å². The number of nitrogens with zero attached hydrogens (tertiary/aromatic N) is 4. The standard InChI is InChI=1S/C13H11N5O2/c14-8-11-4-7-17-13(12(11)18(19)20)16-6-3-10-2-1-5-15-9-10/h1-2,4-5,7,9H,3,6H2,(H,16,17). The van der Waals surface area contributed by atoms with Gasteiger partial charge in [-0.25, -0.2) is 4.98 Å². The third kappa shape index (κ3) is 3.05. The second kappa shape index (κ2) is 6.24. The molecule has 2 aromatic heterocycles. The number of anilines is 1. The van der Waals surface area contributed by atoms with E-state index in [1.807, 2.05) is 12.1 Å². The van der Waals surface area contributed by atoms with E-state index < -0.39 is 4.92 Å². The van der Waals surface area contributed by atoms with Gasteiger partial charge in [0.15, 0.2) is 0 Å². The summed E-state index contributed by atoms with van der Waals surface area (Å²) in [6, 6.07) is 6.86. The molecule has 20 heavy (non-hydrogen) atoms. The number of hydrogen-bond donors (Lipinski definition) is 1. The van der Waals surface area contributed by atoms with Crippen molar-refractivity contribution in [1.29, 1.82) is 5.26 Å². The van der Waals surface area contributed by atoms with Gasteiger partial charge in [0.25, 0.3) is 0 Å². The lowest BCUT2D eigenvalue weighted by atomic mass is 10.2. The molecule has 0 amide bonds. The normalized spacial score (nSPS) is 9.75. The molecule has 2 heterocycles. The molecular formula is C13H11N5O2. The molecule has 0 aliphatic carbocycles. The lowest BCUT2D eigenvalue weighted by Crippen LogP contribution is -2.09. The van der Waals surface area contributed by atoms with Crippen LogP contribution in [-0.2, 0) is 6.42 Å². The number of nitrogens with one attached hydrogen (secondary N) is 1. The quantitative estimate of drug-likeness (QED) is 0.656. The smallest absolute Gasteiger partial charge is 0.328 e. The summed E-state index contributed by atoms with van der Waals surface area (Å²) in [6.45, 7) is 0.467. The summed E-state index contributed by atoms with van der Waals surface area (Å²) in [5.41, 5.74) is 0.717. The van der Waals surface area contributed by atoms with Crippen molar-refractivity contribution in [1.82, 2.24) is 9.97 Å². The van der Waals surface area contributed by atoms with Crippen molar-refractivity contribution in [3.8, 4) is 6.07 Å². The summed E-state index contributed by atoms with van der Waals surface area (Å²) in [5.74, 6) is 0.109. The summed E-state index contributed by atoms with van der Waals surface area (Å²) in [6.07, 6.45) is 5.44. The van der Waals surface area contributed by atoms with Gasteiger partial charge in [-0.3, -0.25) is 15.1 Å². The number of aromatic nitrogens is 2. The number of rotatable bonds is 5. The molecule has 0 aliphatic rings. The maximum absolute atomic E-state index is 11.0. The first-order valence-corrected chi connectivity index (χ1v) is 5.88. The van der Waals surface area contributed by atoms with Crippen LogP contribution in [0.5, 0.6) is 0 Å². The van der Waals surface area contributed by atoms with Crippen LogP contribution in [-0.4, -0.2) is 21.4 Å². The Labute approximate surface area is 115 Å². The van der Waals surface area contributed by atoms with Crippen molar-refractivity contribution in [2.75, 3.05) is 11.9 Å². The first-order valence-electron chi connectivity index (χ1n) is 5.88. The van der Waals surface area contributed by atoms with Crippen molar-refractivity contribution in [2.24, 2.45) is 0 Å². The first kappa shape index (κ1) is 13.4. The molecule has 1 N–H and O–H groups in total. The highest BCUT2D eigenvalue weighted by molar-refractivity contribution is 5.64. The van der Waals surface area contributed by atoms with E-state index in [0.29, 0.717) is 13.0 Å². The van der Waals surface area contributed by atoms with Gasteiger partial charge in [0.2, 0.25) is 5.82 Å². The fourth-order valence-corrected chi connectivity index (χ4v) is 1.73. The van der Waals surface area contributed by atoms with Crippen LogP contribution < -0.4 is 5.32 Å².